The standard InChI is InChI=1S/C13H14O3S2/c14-12(15)10-6-11(8-17-7-10)18-13(16)9-4-2-1-3-5-9/h1-5,10-11H,6-8H2,(H,14,15)/t10-,11+/m1/s1. The number of carboxylic acids is 1. The Kier molecular flexibility index (Phi) is 4.72. The third-order valence-corrected chi connectivity index (χ3v) is 5.43. The van der Waals surface area contributed by atoms with E-state index in [4.69, 9.17) is 5.11 Å². The highest BCUT2D eigenvalue weighted by Crippen LogP contribution is 2.32. The highest BCUT2D eigenvalue weighted by molar-refractivity contribution is 8.15. The number of carbonyl (C=O) groups excluding carboxylic acids is 1. The molecule has 0 bridgehead atoms. The lowest BCUT2D eigenvalue weighted by molar-refractivity contribution is -0.141. The van der Waals surface area contributed by atoms with Gasteiger partial charge in [-0.3, -0.25) is 9.59 Å². The molecule has 1 aliphatic heterocycles. The number of thioether (sulfide) groups is 2. The predicted octanol–water partition coefficient (Wildman–Crippen LogP) is 2.77. The van der Waals surface area contributed by atoms with Crippen LogP contribution in [0.4, 0.5) is 0 Å². The molecule has 2 rings (SSSR count). The molecule has 1 aromatic rings. The summed E-state index contributed by atoms with van der Waals surface area (Å²) in [5, 5.41) is 9.14. The predicted molar refractivity (Wildman–Crippen MR) is 75.2 cm³/mol. The van der Waals surface area contributed by atoms with Gasteiger partial charge in [0.15, 0.2) is 0 Å². The van der Waals surface area contributed by atoms with Crippen LogP contribution in [0.2, 0.25) is 0 Å². The van der Waals surface area contributed by atoms with Crippen molar-refractivity contribution in [3.8, 4) is 0 Å². The number of hydrogen-bond acceptors (Lipinski definition) is 4. The number of carboxylic acid groups (broad SMARTS) is 1. The van der Waals surface area contributed by atoms with Crippen molar-refractivity contribution in [2.24, 2.45) is 5.92 Å². The van der Waals surface area contributed by atoms with Crippen LogP contribution in [0.3, 0.4) is 0 Å². The topological polar surface area (TPSA) is 54.4 Å². The van der Waals surface area contributed by atoms with E-state index in [9.17, 15) is 9.59 Å². The molecular formula is C13H14O3S2. The summed E-state index contributed by atoms with van der Waals surface area (Å²) < 4.78 is 0. The zero-order valence-corrected chi connectivity index (χ0v) is 11.4. The Morgan fingerprint density at radius 2 is 1.94 bits per heavy atom. The fraction of sp³-hybridized carbons (Fsp3) is 0.385. The summed E-state index contributed by atoms with van der Waals surface area (Å²) in [5.41, 5.74) is 0.685. The van der Waals surface area contributed by atoms with E-state index >= 15 is 0 Å². The zero-order chi connectivity index (χ0) is 13.0. The molecule has 5 heteroatoms. The molecule has 1 N–H and O–H groups in total. The number of aliphatic carboxylic acids is 1. The van der Waals surface area contributed by atoms with Crippen LogP contribution in [0.25, 0.3) is 0 Å². The van der Waals surface area contributed by atoms with Crippen LogP contribution in [0.1, 0.15) is 16.8 Å². The molecule has 18 heavy (non-hydrogen) atoms. The molecule has 0 unspecified atom stereocenters. The van der Waals surface area contributed by atoms with Crippen molar-refractivity contribution in [2.75, 3.05) is 11.5 Å². The van der Waals surface area contributed by atoms with Gasteiger partial charge in [-0.2, -0.15) is 11.8 Å². The van der Waals surface area contributed by atoms with E-state index < -0.39 is 5.97 Å². The number of rotatable bonds is 3. The molecule has 96 valence electrons. The van der Waals surface area contributed by atoms with Gasteiger partial charge in [-0.1, -0.05) is 42.1 Å². The van der Waals surface area contributed by atoms with Crippen LogP contribution >= 0.6 is 23.5 Å². The molecule has 1 aromatic carbocycles. The lowest BCUT2D eigenvalue weighted by atomic mass is 10.1. The molecule has 1 aliphatic rings. The molecule has 1 saturated heterocycles. The first kappa shape index (κ1) is 13.5. The van der Waals surface area contributed by atoms with Gasteiger partial charge in [-0.25, -0.2) is 0 Å². The van der Waals surface area contributed by atoms with Gasteiger partial charge in [0.1, 0.15) is 0 Å². The summed E-state index contributed by atoms with van der Waals surface area (Å²) in [6, 6.07) is 9.13. The largest absolute Gasteiger partial charge is 0.481 e. The molecule has 0 aromatic heterocycles. The molecule has 0 aliphatic carbocycles. The van der Waals surface area contributed by atoms with Gasteiger partial charge >= 0.3 is 5.97 Å². The van der Waals surface area contributed by atoms with E-state index in [1.165, 1.54) is 11.8 Å². The second-order valence-electron chi connectivity index (χ2n) is 4.20. The molecule has 0 radical (unpaired) electrons. The Balaban J connectivity index is 1.93. The van der Waals surface area contributed by atoms with E-state index in [2.05, 4.69) is 0 Å². The van der Waals surface area contributed by atoms with E-state index in [0.717, 1.165) is 5.75 Å². The van der Waals surface area contributed by atoms with Crippen molar-refractivity contribution in [1.29, 1.82) is 0 Å². The average molecular weight is 282 g/mol. The normalized spacial score (nSPS) is 23.6. The monoisotopic (exact) mass is 282 g/mol. The summed E-state index contributed by atoms with van der Waals surface area (Å²) in [6.07, 6.45) is 0.589. The van der Waals surface area contributed by atoms with Crippen LogP contribution in [0.15, 0.2) is 30.3 Å². The summed E-state index contributed by atoms with van der Waals surface area (Å²) in [5.74, 6) is 0.448. The van der Waals surface area contributed by atoms with E-state index in [1.807, 2.05) is 18.2 Å². The van der Waals surface area contributed by atoms with Gasteiger partial charge in [0, 0.05) is 22.3 Å². The van der Waals surface area contributed by atoms with Crippen LogP contribution in [-0.4, -0.2) is 32.9 Å². The smallest absolute Gasteiger partial charge is 0.307 e. The number of benzene rings is 1. The van der Waals surface area contributed by atoms with Crippen LogP contribution in [-0.2, 0) is 4.79 Å². The first-order valence-corrected chi connectivity index (χ1v) is 7.77. The maximum atomic E-state index is 12.0. The van der Waals surface area contributed by atoms with Crippen molar-refractivity contribution < 1.29 is 14.7 Å². The van der Waals surface area contributed by atoms with Crippen molar-refractivity contribution >= 4 is 34.6 Å². The van der Waals surface area contributed by atoms with Gasteiger partial charge in [-0.15, -0.1) is 0 Å². The maximum Gasteiger partial charge on any atom is 0.307 e. The second kappa shape index (κ2) is 6.29. The molecule has 2 atom stereocenters. The minimum atomic E-state index is -0.750. The van der Waals surface area contributed by atoms with Crippen molar-refractivity contribution in [3.05, 3.63) is 35.9 Å². The second-order valence-corrected chi connectivity index (χ2v) is 6.55. The first-order chi connectivity index (χ1) is 8.66. The fourth-order valence-corrected chi connectivity index (χ4v) is 4.41. The third-order valence-electron chi connectivity index (χ3n) is 2.80. The van der Waals surface area contributed by atoms with Gasteiger partial charge < -0.3 is 5.11 Å². The Labute approximate surface area is 114 Å². The Hall–Kier alpha value is -0.940. The minimum Gasteiger partial charge on any atom is -0.481 e. The van der Waals surface area contributed by atoms with E-state index in [0.29, 0.717) is 17.7 Å². The molecule has 0 spiro atoms. The SMILES string of the molecule is O=C(S[C@@H]1CSC[C@H](C(=O)O)C1)c1ccccc1. The van der Waals surface area contributed by atoms with Crippen LogP contribution < -0.4 is 0 Å². The molecule has 0 saturated carbocycles. The quantitative estimate of drug-likeness (QED) is 0.924. The van der Waals surface area contributed by atoms with Crippen LogP contribution in [0, 0.1) is 5.92 Å². The first-order valence-electron chi connectivity index (χ1n) is 5.73. The highest BCUT2D eigenvalue weighted by Gasteiger charge is 2.29. The minimum absolute atomic E-state index is 0.0345. The highest BCUT2D eigenvalue weighted by atomic mass is 32.2. The Bertz CT molecular complexity index is 433. The van der Waals surface area contributed by atoms with Gasteiger partial charge in [0.2, 0.25) is 5.12 Å². The Morgan fingerprint density at radius 1 is 1.22 bits per heavy atom. The third kappa shape index (κ3) is 3.53. The van der Waals surface area contributed by atoms with Gasteiger partial charge in [-0.05, 0) is 6.42 Å². The molecule has 0 amide bonds. The van der Waals surface area contributed by atoms with Crippen molar-refractivity contribution in [1.82, 2.24) is 0 Å². The summed E-state index contributed by atoms with van der Waals surface area (Å²) in [4.78, 5) is 22.9. The maximum absolute atomic E-state index is 12.0. The molecule has 1 fully saturated rings. The number of hydrogen-bond donors (Lipinski definition) is 1. The average Bonchev–Trinajstić information content (AvgIpc) is 2.40. The number of carbonyl (C=O) groups is 2. The molecular weight excluding hydrogens is 268 g/mol. The van der Waals surface area contributed by atoms with E-state index in [1.54, 1.807) is 23.9 Å². The van der Waals surface area contributed by atoms with Crippen molar-refractivity contribution in [2.45, 2.75) is 11.7 Å². The summed E-state index contributed by atoms with van der Waals surface area (Å²) in [7, 11) is 0. The fourth-order valence-electron chi connectivity index (χ4n) is 1.84. The van der Waals surface area contributed by atoms with Crippen molar-refractivity contribution in [3.63, 3.8) is 0 Å². The van der Waals surface area contributed by atoms with Gasteiger partial charge in [0.25, 0.3) is 0 Å². The summed E-state index contributed by atoms with van der Waals surface area (Å²) >= 11 is 2.89. The lowest BCUT2D eigenvalue weighted by Crippen LogP contribution is -2.28. The van der Waals surface area contributed by atoms with Crippen LogP contribution in [0.5, 0.6) is 0 Å². The Morgan fingerprint density at radius 3 is 2.61 bits per heavy atom. The molecule has 1 heterocycles. The summed E-state index contributed by atoms with van der Waals surface area (Å²) in [6.45, 7) is 0. The lowest BCUT2D eigenvalue weighted by Gasteiger charge is -2.25. The zero-order valence-electron chi connectivity index (χ0n) is 9.74. The van der Waals surface area contributed by atoms with E-state index in [-0.39, 0.29) is 16.3 Å². The van der Waals surface area contributed by atoms with Gasteiger partial charge in [0.05, 0.1) is 5.92 Å². The molecule has 3 nitrogen and oxygen atoms in total.